The minimum Gasteiger partial charge on any atom is -0.480 e. The number of carboxylic acids is 1. The number of likely N-dealkylation sites (tertiary alicyclic amines) is 1. The summed E-state index contributed by atoms with van der Waals surface area (Å²) in [5.41, 5.74) is 2.61. The highest BCUT2D eigenvalue weighted by atomic mass is 16.4. The third-order valence-electron chi connectivity index (χ3n) is 5.20. The number of nitrogens with one attached hydrogen (secondary N) is 1. The van der Waals surface area contributed by atoms with Gasteiger partial charge < -0.3 is 14.9 Å². The SMILES string of the molecule is CC(=O)N(CC(=O)O)C1CCCN(C(=O)c2cc(C)nc3n[nH]c(C)c23)CC1. The summed E-state index contributed by atoms with van der Waals surface area (Å²) in [7, 11) is 0. The fraction of sp³-hybridized carbons (Fsp3) is 0.526. The highest BCUT2D eigenvalue weighted by Crippen LogP contribution is 2.24. The topological polar surface area (TPSA) is 119 Å². The van der Waals surface area contributed by atoms with Gasteiger partial charge in [0.05, 0.1) is 10.9 Å². The Hall–Kier alpha value is -2.97. The fourth-order valence-corrected chi connectivity index (χ4v) is 3.88. The summed E-state index contributed by atoms with van der Waals surface area (Å²) in [6.45, 7) is 5.79. The zero-order valence-corrected chi connectivity index (χ0v) is 16.4. The van der Waals surface area contributed by atoms with Crippen LogP contribution in [0.25, 0.3) is 11.0 Å². The van der Waals surface area contributed by atoms with Crippen molar-refractivity contribution >= 4 is 28.8 Å². The predicted molar refractivity (Wildman–Crippen MR) is 102 cm³/mol. The number of aliphatic carboxylic acids is 1. The maximum absolute atomic E-state index is 13.2. The number of amides is 2. The van der Waals surface area contributed by atoms with Crippen molar-refractivity contribution in [1.29, 1.82) is 0 Å². The third kappa shape index (κ3) is 3.97. The van der Waals surface area contributed by atoms with E-state index in [1.54, 1.807) is 11.0 Å². The molecule has 1 fully saturated rings. The molecule has 3 rings (SSSR count). The zero-order valence-electron chi connectivity index (χ0n) is 16.4. The van der Waals surface area contributed by atoms with Gasteiger partial charge in [0.25, 0.3) is 5.91 Å². The first-order chi connectivity index (χ1) is 13.3. The molecule has 2 amide bonds. The summed E-state index contributed by atoms with van der Waals surface area (Å²) in [4.78, 5) is 43.8. The van der Waals surface area contributed by atoms with Gasteiger partial charge >= 0.3 is 5.97 Å². The maximum atomic E-state index is 13.2. The standard InChI is InChI=1S/C19H25N5O4/c1-11-9-15(17-12(2)21-22-18(17)20-11)19(28)23-7-4-5-14(6-8-23)24(13(3)25)10-16(26)27/h9,14H,4-8,10H2,1-3H3,(H,26,27)(H,20,21,22). The number of hydrogen-bond acceptors (Lipinski definition) is 5. The Kier molecular flexibility index (Phi) is 5.62. The number of carbonyl (C=O) groups excluding carboxylic acids is 2. The smallest absolute Gasteiger partial charge is 0.323 e. The number of carbonyl (C=O) groups is 3. The highest BCUT2D eigenvalue weighted by molar-refractivity contribution is 6.06. The average Bonchev–Trinajstić information content (AvgIpc) is 2.85. The van der Waals surface area contributed by atoms with E-state index < -0.39 is 5.97 Å². The Morgan fingerprint density at radius 1 is 1.29 bits per heavy atom. The van der Waals surface area contributed by atoms with Crippen molar-refractivity contribution < 1.29 is 19.5 Å². The van der Waals surface area contributed by atoms with E-state index in [-0.39, 0.29) is 24.4 Å². The van der Waals surface area contributed by atoms with Gasteiger partial charge in [-0.3, -0.25) is 19.5 Å². The first-order valence-corrected chi connectivity index (χ1v) is 9.38. The van der Waals surface area contributed by atoms with Gasteiger partial charge in [-0.25, -0.2) is 4.98 Å². The number of nitrogens with zero attached hydrogens (tertiary/aromatic N) is 4. The van der Waals surface area contributed by atoms with E-state index in [4.69, 9.17) is 5.11 Å². The van der Waals surface area contributed by atoms with Gasteiger partial charge in [-0.05, 0) is 39.2 Å². The molecule has 2 aromatic rings. The summed E-state index contributed by atoms with van der Waals surface area (Å²) in [6, 6.07) is 1.60. The van der Waals surface area contributed by atoms with Crippen LogP contribution in [0.15, 0.2) is 6.07 Å². The normalized spacial score (nSPS) is 17.4. The largest absolute Gasteiger partial charge is 0.480 e. The van der Waals surface area contributed by atoms with Crippen molar-refractivity contribution in [3.63, 3.8) is 0 Å². The van der Waals surface area contributed by atoms with Crippen LogP contribution in [0.4, 0.5) is 0 Å². The molecule has 1 aliphatic heterocycles. The molecule has 1 saturated heterocycles. The lowest BCUT2D eigenvalue weighted by atomic mass is 10.1. The third-order valence-corrected chi connectivity index (χ3v) is 5.20. The molecule has 0 aliphatic carbocycles. The van der Waals surface area contributed by atoms with Crippen molar-refractivity contribution in [3.8, 4) is 0 Å². The van der Waals surface area contributed by atoms with Crippen LogP contribution >= 0.6 is 0 Å². The van der Waals surface area contributed by atoms with E-state index in [9.17, 15) is 14.4 Å². The maximum Gasteiger partial charge on any atom is 0.323 e. The molecule has 0 bridgehead atoms. The Bertz CT molecular complexity index is 922. The first kappa shape index (κ1) is 19.8. The van der Waals surface area contributed by atoms with E-state index >= 15 is 0 Å². The fourth-order valence-electron chi connectivity index (χ4n) is 3.88. The quantitative estimate of drug-likeness (QED) is 0.820. The highest BCUT2D eigenvalue weighted by Gasteiger charge is 2.29. The van der Waals surface area contributed by atoms with Crippen LogP contribution in [-0.4, -0.2) is 73.5 Å². The molecular formula is C19H25N5O4. The molecular weight excluding hydrogens is 362 g/mol. The number of hydrogen-bond donors (Lipinski definition) is 2. The van der Waals surface area contributed by atoms with Crippen molar-refractivity contribution in [2.75, 3.05) is 19.6 Å². The van der Waals surface area contributed by atoms with Gasteiger partial charge in [0.1, 0.15) is 6.54 Å². The summed E-state index contributed by atoms with van der Waals surface area (Å²) >= 11 is 0. The lowest BCUT2D eigenvalue weighted by molar-refractivity contribution is -0.145. The molecule has 150 valence electrons. The van der Waals surface area contributed by atoms with Gasteiger partial charge in [-0.15, -0.1) is 0 Å². The van der Waals surface area contributed by atoms with Crippen LogP contribution in [0, 0.1) is 13.8 Å². The monoisotopic (exact) mass is 387 g/mol. The molecule has 9 heteroatoms. The molecule has 0 radical (unpaired) electrons. The molecule has 2 N–H and O–H groups in total. The minimum atomic E-state index is -1.03. The van der Waals surface area contributed by atoms with Gasteiger partial charge in [0.15, 0.2) is 5.65 Å². The Balaban J connectivity index is 1.81. The number of H-pyrrole nitrogens is 1. The van der Waals surface area contributed by atoms with Gasteiger partial charge in [0.2, 0.25) is 5.91 Å². The first-order valence-electron chi connectivity index (χ1n) is 9.38. The van der Waals surface area contributed by atoms with E-state index in [0.717, 1.165) is 16.8 Å². The number of aryl methyl sites for hydroxylation is 2. The minimum absolute atomic E-state index is 0.0896. The molecule has 28 heavy (non-hydrogen) atoms. The van der Waals surface area contributed by atoms with Crippen LogP contribution in [0.2, 0.25) is 0 Å². The number of rotatable bonds is 4. The van der Waals surface area contributed by atoms with Crippen LogP contribution in [0.5, 0.6) is 0 Å². The lowest BCUT2D eigenvalue weighted by Gasteiger charge is -2.29. The number of aromatic nitrogens is 3. The molecule has 0 spiro atoms. The Morgan fingerprint density at radius 3 is 2.71 bits per heavy atom. The molecule has 1 atom stereocenters. The molecule has 1 unspecified atom stereocenters. The molecule has 0 saturated carbocycles. The Labute approximate surface area is 162 Å². The molecule has 2 aromatic heterocycles. The summed E-state index contributed by atoms with van der Waals surface area (Å²) in [5.74, 6) is -1.38. The number of aromatic amines is 1. The Morgan fingerprint density at radius 2 is 2.04 bits per heavy atom. The number of pyridine rings is 1. The van der Waals surface area contributed by atoms with Gasteiger partial charge in [-0.2, -0.15) is 5.10 Å². The van der Waals surface area contributed by atoms with Crippen molar-refractivity contribution in [1.82, 2.24) is 25.0 Å². The van der Waals surface area contributed by atoms with E-state index in [2.05, 4.69) is 15.2 Å². The zero-order chi connectivity index (χ0) is 20.4. The van der Waals surface area contributed by atoms with Crippen LogP contribution in [-0.2, 0) is 9.59 Å². The summed E-state index contributed by atoms with van der Waals surface area (Å²) in [5, 5.41) is 16.9. The van der Waals surface area contributed by atoms with Gasteiger partial charge in [-0.1, -0.05) is 0 Å². The van der Waals surface area contributed by atoms with Crippen molar-refractivity contribution in [2.45, 2.75) is 46.1 Å². The summed E-state index contributed by atoms with van der Waals surface area (Å²) < 4.78 is 0. The average molecular weight is 387 g/mol. The van der Waals surface area contributed by atoms with E-state index in [1.165, 1.54) is 11.8 Å². The number of fused-ring (bicyclic) bond motifs is 1. The van der Waals surface area contributed by atoms with Crippen molar-refractivity contribution in [3.05, 3.63) is 23.0 Å². The molecule has 0 aromatic carbocycles. The number of carboxylic acid groups (broad SMARTS) is 1. The second-order valence-corrected chi connectivity index (χ2v) is 7.28. The van der Waals surface area contributed by atoms with E-state index in [0.29, 0.717) is 43.6 Å². The molecule has 1 aliphatic rings. The summed E-state index contributed by atoms with van der Waals surface area (Å²) in [6.07, 6.45) is 1.93. The van der Waals surface area contributed by atoms with Crippen LogP contribution < -0.4 is 0 Å². The lowest BCUT2D eigenvalue weighted by Crippen LogP contribution is -2.43. The van der Waals surface area contributed by atoms with Crippen LogP contribution in [0.3, 0.4) is 0 Å². The second kappa shape index (κ2) is 7.95. The molecule has 9 nitrogen and oxygen atoms in total. The van der Waals surface area contributed by atoms with Crippen molar-refractivity contribution in [2.24, 2.45) is 0 Å². The second-order valence-electron chi connectivity index (χ2n) is 7.28. The molecule has 3 heterocycles. The predicted octanol–water partition coefficient (Wildman–Crippen LogP) is 1.50. The van der Waals surface area contributed by atoms with Gasteiger partial charge in [0, 0.05) is 37.4 Å². The van der Waals surface area contributed by atoms with E-state index in [1.807, 2.05) is 13.8 Å². The van der Waals surface area contributed by atoms with Crippen LogP contribution in [0.1, 0.15) is 47.9 Å².